The molecule has 0 spiro atoms. The molecule has 6 heteroatoms. The zero-order valence-electron chi connectivity index (χ0n) is 17.9. The van der Waals surface area contributed by atoms with E-state index < -0.39 is 0 Å². The van der Waals surface area contributed by atoms with Crippen molar-refractivity contribution < 1.29 is 9.47 Å². The number of aromatic nitrogens is 3. The van der Waals surface area contributed by atoms with Gasteiger partial charge in [0.25, 0.3) is 0 Å². The first-order chi connectivity index (χ1) is 14.7. The second-order valence-corrected chi connectivity index (χ2v) is 8.52. The second-order valence-electron chi connectivity index (χ2n) is 8.52. The lowest BCUT2D eigenvalue weighted by atomic mass is 10.1. The molecule has 3 aromatic rings. The van der Waals surface area contributed by atoms with Gasteiger partial charge in [-0.1, -0.05) is 0 Å². The van der Waals surface area contributed by atoms with Crippen LogP contribution in [0.4, 0.5) is 5.69 Å². The molecule has 30 heavy (non-hydrogen) atoms. The summed E-state index contributed by atoms with van der Waals surface area (Å²) in [5.74, 6) is 3.44. The molecular weight excluding hydrogens is 376 g/mol. The van der Waals surface area contributed by atoms with Crippen molar-refractivity contribution >= 4 is 16.6 Å². The Hall–Kier alpha value is -2.76. The summed E-state index contributed by atoms with van der Waals surface area (Å²) in [5.41, 5.74) is 4.90. The Kier molecular flexibility index (Phi) is 5.23. The van der Waals surface area contributed by atoms with Gasteiger partial charge >= 0.3 is 0 Å². The Bertz CT molecular complexity index is 1060. The Morgan fingerprint density at radius 2 is 2.10 bits per heavy atom. The number of methoxy groups -OCH3 is 1. The average molecular weight is 407 g/mol. The lowest BCUT2D eigenvalue weighted by Gasteiger charge is -2.17. The molecule has 0 atom stereocenters. The summed E-state index contributed by atoms with van der Waals surface area (Å²) >= 11 is 0. The van der Waals surface area contributed by atoms with Gasteiger partial charge in [0.05, 0.1) is 19.2 Å². The van der Waals surface area contributed by atoms with Crippen LogP contribution in [0.5, 0.6) is 11.5 Å². The van der Waals surface area contributed by atoms with E-state index in [9.17, 15) is 0 Å². The maximum atomic E-state index is 6.12. The van der Waals surface area contributed by atoms with Crippen molar-refractivity contribution in [3.05, 3.63) is 41.6 Å². The van der Waals surface area contributed by atoms with Crippen LogP contribution in [0.15, 0.2) is 24.5 Å². The van der Waals surface area contributed by atoms with Crippen molar-refractivity contribution in [2.75, 3.05) is 25.6 Å². The SMILES string of the molecule is COc1cc2c(NCC3CC3)c3c(nc2cc1OCCCc1nccn1C)CCC3. The summed E-state index contributed by atoms with van der Waals surface area (Å²) in [6.45, 7) is 1.67. The van der Waals surface area contributed by atoms with Crippen LogP contribution in [-0.4, -0.2) is 34.8 Å². The van der Waals surface area contributed by atoms with Gasteiger partial charge in [-0.15, -0.1) is 0 Å². The molecule has 2 heterocycles. The van der Waals surface area contributed by atoms with Gasteiger partial charge < -0.3 is 19.4 Å². The topological polar surface area (TPSA) is 61.2 Å². The standard InChI is InChI=1S/C24H30N4O2/c1-28-11-10-25-23(28)7-4-12-30-22-14-20-18(13-21(22)29-2)24(26-15-16-8-9-16)17-5-3-6-19(17)27-20/h10-11,13-14,16H,3-9,12,15H2,1-2H3,(H,26,27). The highest BCUT2D eigenvalue weighted by Crippen LogP contribution is 2.40. The van der Waals surface area contributed by atoms with E-state index in [1.807, 2.05) is 19.4 Å². The molecule has 0 unspecified atom stereocenters. The molecule has 2 aromatic heterocycles. The Labute approximate surface area is 177 Å². The zero-order valence-corrected chi connectivity index (χ0v) is 17.9. The molecule has 0 radical (unpaired) electrons. The minimum Gasteiger partial charge on any atom is -0.493 e. The normalized spacial score (nSPS) is 15.4. The lowest BCUT2D eigenvalue weighted by molar-refractivity contribution is 0.289. The maximum Gasteiger partial charge on any atom is 0.163 e. The minimum atomic E-state index is 0.618. The van der Waals surface area contributed by atoms with Crippen LogP contribution in [-0.2, 0) is 26.3 Å². The quantitative estimate of drug-likeness (QED) is 0.537. The molecule has 1 N–H and O–H groups in total. The first kappa shape index (κ1) is 19.2. The summed E-state index contributed by atoms with van der Waals surface area (Å²) in [7, 11) is 3.73. The number of ether oxygens (including phenoxy) is 2. The van der Waals surface area contributed by atoms with Crippen molar-refractivity contribution in [1.82, 2.24) is 14.5 Å². The van der Waals surface area contributed by atoms with Gasteiger partial charge in [-0.2, -0.15) is 0 Å². The molecule has 1 aromatic carbocycles. The predicted molar refractivity (Wildman–Crippen MR) is 119 cm³/mol. The molecule has 6 nitrogen and oxygen atoms in total. The molecule has 5 rings (SSSR count). The number of nitrogens with zero attached hydrogens (tertiary/aromatic N) is 3. The average Bonchev–Trinajstić information content (AvgIpc) is 3.31. The number of pyridine rings is 1. The van der Waals surface area contributed by atoms with E-state index in [0.29, 0.717) is 6.61 Å². The molecule has 2 aliphatic rings. The number of imidazole rings is 1. The Morgan fingerprint density at radius 3 is 2.87 bits per heavy atom. The fourth-order valence-electron chi connectivity index (χ4n) is 4.36. The zero-order chi connectivity index (χ0) is 20.5. The van der Waals surface area contributed by atoms with Crippen LogP contribution < -0.4 is 14.8 Å². The van der Waals surface area contributed by atoms with Crippen LogP contribution in [0, 0.1) is 5.92 Å². The van der Waals surface area contributed by atoms with E-state index in [4.69, 9.17) is 14.5 Å². The lowest BCUT2D eigenvalue weighted by Crippen LogP contribution is -2.08. The molecule has 2 aliphatic carbocycles. The third-order valence-electron chi connectivity index (χ3n) is 6.28. The molecular formula is C24H30N4O2. The van der Waals surface area contributed by atoms with E-state index in [2.05, 4.69) is 27.0 Å². The first-order valence-corrected chi connectivity index (χ1v) is 11.1. The summed E-state index contributed by atoms with van der Waals surface area (Å²) in [6, 6.07) is 4.15. The fourth-order valence-corrected chi connectivity index (χ4v) is 4.36. The summed E-state index contributed by atoms with van der Waals surface area (Å²) in [5, 5.41) is 4.90. The summed E-state index contributed by atoms with van der Waals surface area (Å²) < 4.78 is 13.9. The fraction of sp³-hybridized carbons (Fsp3) is 0.500. The van der Waals surface area contributed by atoms with Crippen molar-refractivity contribution in [3.63, 3.8) is 0 Å². The van der Waals surface area contributed by atoms with Gasteiger partial charge in [0, 0.05) is 55.2 Å². The van der Waals surface area contributed by atoms with E-state index >= 15 is 0 Å². The van der Waals surface area contributed by atoms with Crippen molar-refractivity contribution in [2.24, 2.45) is 13.0 Å². The van der Waals surface area contributed by atoms with Gasteiger partial charge in [-0.25, -0.2) is 4.98 Å². The number of anilines is 1. The number of fused-ring (bicyclic) bond motifs is 2. The van der Waals surface area contributed by atoms with E-state index in [-0.39, 0.29) is 0 Å². The van der Waals surface area contributed by atoms with Crippen LogP contribution in [0.25, 0.3) is 10.9 Å². The number of nitrogens with one attached hydrogen (secondary N) is 1. The van der Waals surface area contributed by atoms with Crippen molar-refractivity contribution in [1.29, 1.82) is 0 Å². The molecule has 1 saturated carbocycles. The molecule has 0 saturated heterocycles. The number of rotatable bonds is 9. The van der Waals surface area contributed by atoms with Gasteiger partial charge in [0.1, 0.15) is 5.82 Å². The minimum absolute atomic E-state index is 0.618. The third-order valence-corrected chi connectivity index (χ3v) is 6.28. The molecule has 158 valence electrons. The van der Waals surface area contributed by atoms with Gasteiger partial charge in [0.15, 0.2) is 11.5 Å². The highest BCUT2D eigenvalue weighted by molar-refractivity contribution is 5.96. The van der Waals surface area contributed by atoms with Gasteiger partial charge in [-0.3, -0.25) is 4.98 Å². The van der Waals surface area contributed by atoms with E-state index in [1.54, 1.807) is 7.11 Å². The highest BCUT2D eigenvalue weighted by atomic mass is 16.5. The Balaban J connectivity index is 1.38. The maximum absolute atomic E-state index is 6.12. The summed E-state index contributed by atoms with van der Waals surface area (Å²) in [4.78, 5) is 9.36. The second kappa shape index (κ2) is 8.17. The van der Waals surface area contributed by atoms with Crippen LogP contribution >= 0.6 is 0 Å². The predicted octanol–water partition coefficient (Wildman–Crippen LogP) is 4.30. The highest BCUT2D eigenvalue weighted by Gasteiger charge is 2.25. The van der Waals surface area contributed by atoms with Crippen molar-refractivity contribution in [3.8, 4) is 11.5 Å². The van der Waals surface area contributed by atoms with Crippen LogP contribution in [0.1, 0.15) is 42.8 Å². The van der Waals surface area contributed by atoms with E-state index in [1.165, 1.54) is 36.2 Å². The van der Waals surface area contributed by atoms with Gasteiger partial charge in [-0.05, 0) is 56.1 Å². The third kappa shape index (κ3) is 3.83. The number of hydrogen-bond acceptors (Lipinski definition) is 5. The molecule has 0 amide bonds. The molecule has 0 aliphatic heterocycles. The Morgan fingerprint density at radius 1 is 1.20 bits per heavy atom. The van der Waals surface area contributed by atoms with Crippen LogP contribution in [0.2, 0.25) is 0 Å². The molecule has 1 fully saturated rings. The number of aryl methyl sites for hydroxylation is 3. The monoisotopic (exact) mass is 406 g/mol. The van der Waals surface area contributed by atoms with Crippen molar-refractivity contribution in [2.45, 2.75) is 44.9 Å². The first-order valence-electron chi connectivity index (χ1n) is 11.1. The summed E-state index contributed by atoms with van der Waals surface area (Å²) in [6.07, 6.45) is 11.6. The molecule has 0 bridgehead atoms. The van der Waals surface area contributed by atoms with Crippen LogP contribution in [0.3, 0.4) is 0 Å². The number of benzene rings is 1. The largest absolute Gasteiger partial charge is 0.493 e. The number of hydrogen-bond donors (Lipinski definition) is 1. The van der Waals surface area contributed by atoms with Gasteiger partial charge in [0.2, 0.25) is 0 Å². The smallest absolute Gasteiger partial charge is 0.163 e. The van der Waals surface area contributed by atoms with E-state index in [0.717, 1.165) is 66.4 Å².